The van der Waals surface area contributed by atoms with Gasteiger partial charge in [0.2, 0.25) is 11.8 Å². The summed E-state index contributed by atoms with van der Waals surface area (Å²) in [5.41, 5.74) is 6.31. The number of rotatable bonds is 10. The number of carbonyl (C=O) groups excluding carboxylic acids is 2. The zero-order chi connectivity index (χ0) is 19.9. The first-order valence-corrected chi connectivity index (χ1v) is 7.58. The summed E-state index contributed by atoms with van der Waals surface area (Å²) in [5.74, 6) is -4.80. The van der Waals surface area contributed by atoms with Crippen molar-refractivity contribution in [2.24, 2.45) is 5.73 Å². The van der Waals surface area contributed by atoms with E-state index in [9.17, 15) is 24.3 Å². The van der Waals surface area contributed by atoms with Gasteiger partial charge >= 0.3 is 11.9 Å². The fourth-order valence-electron chi connectivity index (χ4n) is 2.03. The average Bonchev–Trinajstić information content (AvgIpc) is 3.03. The van der Waals surface area contributed by atoms with Crippen LogP contribution < -0.4 is 16.4 Å². The van der Waals surface area contributed by atoms with E-state index in [0.717, 1.165) is 0 Å². The molecule has 0 spiro atoms. The van der Waals surface area contributed by atoms with Gasteiger partial charge in [0, 0.05) is 18.3 Å². The van der Waals surface area contributed by atoms with Gasteiger partial charge in [-0.1, -0.05) is 0 Å². The van der Waals surface area contributed by atoms with Crippen LogP contribution in [-0.2, 0) is 25.6 Å². The molecule has 0 aliphatic rings. The number of aliphatic hydroxyl groups is 1. The highest BCUT2D eigenvalue weighted by atomic mass is 16.4. The second-order valence-corrected chi connectivity index (χ2v) is 5.61. The molecule has 1 heterocycles. The van der Waals surface area contributed by atoms with Crippen LogP contribution in [0.1, 0.15) is 19.0 Å². The molecule has 2 amide bonds. The zero-order valence-electron chi connectivity index (χ0n) is 13.9. The first-order chi connectivity index (χ1) is 12.1. The van der Waals surface area contributed by atoms with Crippen LogP contribution in [0.2, 0.25) is 0 Å². The molecule has 1 rings (SSSR count). The van der Waals surface area contributed by atoms with Crippen molar-refractivity contribution in [2.45, 2.75) is 44.0 Å². The quantitative estimate of drug-likeness (QED) is 0.226. The Morgan fingerprint density at radius 2 is 1.88 bits per heavy atom. The number of aliphatic carboxylic acids is 2. The third-order valence-corrected chi connectivity index (χ3v) is 3.39. The predicted octanol–water partition coefficient (Wildman–Crippen LogP) is -2.81. The zero-order valence-corrected chi connectivity index (χ0v) is 13.9. The molecule has 4 atom stereocenters. The number of hydrogen-bond donors (Lipinski definition) is 7. The lowest BCUT2D eigenvalue weighted by Gasteiger charge is -2.24. The summed E-state index contributed by atoms with van der Waals surface area (Å²) in [6, 6.07) is -4.28. The Labute approximate surface area is 147 Å². The van der Waals surface area contributed by atoms with Crippen molar-refractivity contribution in [1.29, 1.82) is 0 Å². The summed E-state index contributed by atoms with van der Waals surface area (Å²) < 4.78 is 0. The maximum Gasteiger partial charge on any atom is 0.326 e. The normalized spacial score (nSPS) is 15.3. The summed E-state index contributed by atoms with van der Waals surface area (Å²) in [7, 11) is 0. The second kappa shape index (κ2) is 9.48. The summed E-state index contributed by atoms with van der Waals surface area (Å²) in [5, 5.41) is 31.5. The molecule has 0 bridgehead atoms. The molecule has 26 heavy (non-hydrogen) atoms. The largest absolute Gasteiger partial charge is 0.481 e. The van der Waals surface area contributed by atoms with E-state index in [0.29, 0.717) is 5.69 Å². The molecule has 12 heteroatoms. The Balaban J connectivity index is 2.74. The molecular weight excluding hydrogens is 350 g/mol. The number of aromatic nitrogens is 2. The van der Waals surface area contributed by atoms with Crippen molar-refractivity contribution in [3.8, 4) is 0 Å². The van der Waals surface area contributed by atoms with Gasteiger partial charge in [-0.15, -0.1) is 0 Å². The van der Waals surface area contributed by atoms with Gasteiger partial charge in [0.05, 0.1) is 24.9 Å². The maximum atomic E-state index is 12.2. The van der Waals surface area contributed by atoms with Crippen LogP contribution in [0.4, 0.5) is 0 Å². The molecule has 8 N–H and O–H groups in total. The maximum absolute atomic E-state index is 12.2. The number of carboxylic acid groups (broad SMARTS) is 2. The van der Waals surface area contributed by atoms with E-state index >= 15 is 0 Å². The number of nitrogens with one attached hydrogen (secondary N) is 3. The number of amides is 2. The number of aromatic amines is 1. The highest BCUT2D eigenvalue weighted by molar-refractivity contribution is 5.93. The lowest BCUT2D eigenvalue weighted by molar-refractivity contribution is -0.147. The molecule has 144 valence electrons. The molecule has 0 unspecified atom stereocenters. The Hall–Kier alpha value is -2.99. The van der Waals surface area contributed by atoms with Gasteiger partial charge in [-0.3, -0.25) is 14.4 Å². The van der Waals surface area contributed by atoms with E-state index < -0.39 is 54.4 Å². The van der Waals surface area contributed by atoms with Gasteiger partial charge in [-0.05, 0) is 6.92 Å². The van der Waals surface area contributed by atoms with Gasteiger partial charge in [-0.25, -0.2) is 9.78 Å². The van der Waals surface area contributed by atoms with Crippen LogP contribution in [0.3, 0.4) is 0 Å². The van der Waals surface area contributed by atoms with Crippen molar-refractivity contribution in [2.75, 3.05) is 0 Å². The minimum atomic E-state index is -1.71. The van der Waals surface area contributed by atoms with E-state index in [1.165, 1.54) is 19.4 Å². The molecule has 0 aromatic carbocycles. The fraction of sp³-hybridized carbons (Fsp3) is 0.500. The molecule has 1 aromatic heterocycles. The molecule has 1 aromatic rings. The Morgan fingerprint density at radius 3 is 2.35 bits per heavy atom. The number of H-pyrrole nitrogens is 1. The molecule has 12 nitrogen and oxygen atoms in total. The van der Waals surface area contributed by atoms with Crippen molar-refractivity contribution < 1.29 is 34.5 Å². The van der Waals surface area contributed by atoms with Crippen LogP contribution in [0, 0.1) is 0 Å². The molecule has 0 saturated carbocycles. The van der Waals surface area contributed by atoms with E-state index in [1.807, 2.05) is 5.32 Å². The number of hydrogen-bond acceptors (Lipinski definition) is 7. The minimum absolute atomic E-state index is 0.0940. The lowest BCUT2D eigenvalue weighted by atomic mass is 10.1. The summed E-state index contributed by atoms with van der Waals surface area (Å²) in [4.78, 5) is 52.5. The molecular formula is C14H21N5O7. The van der Waals surface area contributed by atoms with Gasteiger partial charge in [0.1, 0.15) is 12.1 Å². The number of nitrogens with zero attached hydrogens (tertiary/aromatic N) is 1. The predicted molar refractivity (Wildman–Crippen MR) is 85.7 cm³/mol. The summed E-state index contributed by atoms with van der Waals surface area (Å²) >= 11 is 0. The van der Waals surface area contributed by atoms with Crippen LogP contribution in [0.25, 0.3) is 0 Å². The van der Waals surface area contributed by atoms with Crippen LogP contribution in [0.5, 0.6) is 0 Å². The molecule has 0 radical (unpaired) electrons. The lowest BCUT2D eigenvalue weighted by Crippen LogP contribution is -2.58. The van der Waals surface area contributed by atoms with E-state index in [2.05, 4.69) is 15.3 Å². The number of aliphatic hydroxyl groups excluding tert-OH is 1. The van der Waals surface area contributed by atoms with E-state index in [1.54, 1.807) is 0 Å². The molecule has 0 aliphatic heterocycles. The Bertz CT molecular complexity index is 646. The average molecular weight is 371 g/mol. The number of carbonyl (C=O) groups is 4. The Kier molecular flexibility index (Phi) is 7.68. The molecule has 0 aliphatic carbocycles. The monoisotopic (exact) mass is 371 g/mol. The van der Waals surface area contributed by atoms with Gasteiger partial charge in [0.15, 0.2) is 0 Å². The van der Waals surface area contributed by atoms with Crippen LogP contribution in [0.15, 0.2) is 12.5 Å². The smallest absolute Gasteiger partial charge is 0.326 e. The topological polar surface area (TPSA) is 208 Å². The number of nitrogens with two attached hydrogens (primary N) is 1. The summed E-state index contributed by atoms with van der Waals surface area (Å²) in [6.07, 6.45) is 0.727. The second-order valence-electron chi connectivity index (χ2n) is 5.61. The van der Waals surface area contributed by atoms with Crippen molar-refractivity contribution in [3.05, 3.63) is 18.2 Å². The van der Waals surface area contributed by atoms with Gasteiger partial charge in [-0.2, -0.15) is 0 Å². The van der Waals surface area contributed by atoms with Crippen molar-refractivity contribution >= 4 is 23.8 Å². The number of imidazole rings is 1. The summed E-state index contributed by atoms with van der Waals surface area (Å²) in [6.45, 7) is 1.21. The van der Waals surface area contributed by atoms with Crippen molar-refractivity contribution in [1.82, 2.24) is 20.6 Å². The third kappa shape index (κ3) is 6.49. The highest BCUT2D eigenvalue weighted by Gasteiger charge is 2.31. The SMILES string of the molecule is C[C@@H](O)[C@H](NC(=O)[C@@H](N)Cc1cnc[nH]1)C(=O)N[C@@H](CC(=O)O)C(=O)O. The third-order valence-electron chi connectivity index (χ3n) is 3.39. The Morgan fingerprint density at radius 1 is 1.23 bits per heavy atom. The molecule has 0 saturated heterocycles. The minimum Gasteiger partial charge on any atom is -0.481 e. The van der Waals surface area contributed by atoms with E-state index in [4.69, 9.17) is 15.9 Å². The fourth-order valence-corrected chi connectivity index (χ4v) is 2.03. The molecule has 0 fully saturated rings. The first kappa shape index (κ1) is 21.1. The first-order valence-electron chi connectivity index (χ1n) is 7.58. The standard InChI is InChI=1S/C14H21N5O7/c1-6(20)11(13(24)18-9(14(25)26)3-10(21)22)19-12(23)8(15)2-7-4-16-5-17-7/h4-6,8-9,11,20H,2-3,15H2,1H3,(H,16,17)(H,18,24)(H,19,23)(H,21,22)(H,25,26)/t6-,8+,9+,11+/m1/s1. The van der Waals surface area contributed by atoms with Gasteiger partial charge < -0.3 is 36.7 Å². The van der Waals surface area contributed by atoms with Crippen LogP contribution in [-0.4, -0.2) is 73.3 Å². The van der Waals surface area contributed by atoms with Crippen LogP contribution >= 0.6 is 0 Å². The van der Waals surface area contributed by atoms with Gasteiger partial charge in [0.25, 0.3) is 0 Å². The number of carboxylic acids is 2. The van der Waals surface area contributed by atoms with E-state index in [-0.39, 0.29) is 6.42 Å². The highest BCUT2D eigenvalue weighted by Crippen LogP contribution is 2.01. The van der Waals surface area contributed by atoms with Crippen molar-refractivity contribution in [3.63, 3.8) is 0 Å².